The second-order valence-electron chi connectivity index (χ2n) is 7.58. The standard InChI is InChI=1S/C24H20N4OS/c1-27-15-20(19-7-2-3-8-21(19)27)24(29)28-11-9-16-10-12-30-23(16)22(28)13-17-5-4-6-18(14-25)26-17/h2-8,10,12,15,22H,9,11,13H2,1H3. The minimum Gasteiger partial charge on any atom is -0.350 e. The van der Waals surface area contributed by atoms with E-state index in [1.807, 2.05) is 59.1 Å². The van der Waals surface area contributed by atoms with E-state index in [1.165, 1.54) is 10.4 Å². The summed E-state index contributed by atoms with van der Waals surface area (Å²) in [6.07, 6.45) is 3.39. The van der Waals surface area contributed by atoms with E-state index in [2.05, 4.69) is 22.5 Å². The Morgan fingerprint density at radius 3 is 2.97 bits per heavy atom. The van der Waals surface area contributed by atoms with Gasteiger partial charge in [-0.15, -0.1) is 11.3 Å². The van der Waals surface area contributed by atoms with E-state index in [0.717, 1.165) is 28.6 Å². The van der Waals surface area contributed by atoms with Gasteiger partial charge in [-0.3, -0.25) is 4.79 Å². The number of para-hydroxylation sites is 1. The number of carbonyl (C=O) groups is 1. The molecular formula is C24H20N4OS. The van der Waals surface area contributed by atoms with Gasteiger partial charge in [0.2, 0.25) is 0 Å². The minimum absolute atomic E-state index is 0.0484. The van der Waals surface area contributed by atoms with Crippen LogP contribution >= 0.6 is 11.3 Å². The normalized spacial score (nSPS) is 15.7. The molecule has 5 nitrogen and oxygen atoms in total. The third-order valence-electron chi connectivity index (χ3n) is 5.79. The summed E-state index contributed by atoms with van der Waals surface area (Å²) in [5.41, 5.74) is 4.33. The summed E-state index contributed by atoms with van der Waals surface area (Å²) in [5.74, 6) is 0.0484. The van der Waals surface area contributed by atoms with Crippen LogP contribution in [0.3, 0.4) is 0 Å². The Morgan fingerprint density at radius 2 is 2.10 bits per heavy atom. The Kier molecular flexibility index (Phi) is 4.61. The Morgan fingerprint density at radius 1 is 1.23 bits per heavy atom. The molecule has 3 aromatic heterocycles. The van der Waals surface area contributed by atoms with Crippen LogP contribution in [0.25, 0.3) is 10.9 Å². The lowest BCUT2D eigenvalue weighted by Crippen LogP contribution is -2.40. The lowest BCUT2D eigenvalue weighted by atomic mass is 9.96. The van der Waals surface area contributed by atoms with Crippen molar-refractivity contribution in [2.24, 2.45) is 7.05 Å². The fourth-order valence-electron chi connectivity index (χ4n) is 4.35. The first-order chi connectivity index (χ1) is 14.7. The topological polar surface area (TPSA) is 61.9 Å². The highest BCUT2D eigenvalue weighted by molar-refractivity contribution is 7.10. The molecule has 4 heterocycles. The first-order valence-corrected chi connectivity index (χ1v) is 10.8. The van der Waals surface area contributed by atoms with E-state index in [9.17, 15) is 10.1 Å². The van der Waals surface area contributed by atoms with Gasteiger partial charge in [0.25, 0.3) is 5.91 Å². The van der Waals surface area contributed by atoms with Gasteiger partial charge in [-0.05, 0) is 41.6 Å². The van der Waals surface area contributed by atoms with Crippen LogP contribution < -0.4 is 0 Å². The molecule has 6 heteroatoms. The lowest BCUT2D eigenvalue weighted by molar-refractivity contribution is 0.0665. The smallest absolute Gasteiger partial charge is 0.256 e. The molecule has 0 radical (unpaired) electrons. The molecule has 5 rings (SSSR count). The maximum Gasteiger partial charge on any atom is 0.256 e. The van der Waals surface area contributed by atoms with Gasteiger partial charge in [-0.1, -0.05) is 24.3 Å². The van der Waals surface area contributed by atoms with E-state index in [-0.39, 0.29) is 11.9 Å². The summed E-state index contributed by atoms with van der Waals surface area (Å²) in [5, 5.41) is 12.3. The number of hydrogen-bond donors (Lipinski definition) is 0. The molecule has 30 heavy (non-hydrogen) atoms. The van der Waals surface area contributed by atoms with Crippen LogP contribution in [0.15, 0.2) is 60.1 Å². The summed E-state index contributed by atoms with van der Waals surface area (Å²) >= 11 is 1.70. The number of thiophene rings is 1. The van der Waals surface area contributed by atoms with Crippen molar-refractivity contribution in [2.75, 3.05) is 6.54 Å². The van der Waals surface area contributed by atoms with Crippen molar-refractivity contribution in [2.45, 2.75) is 18.9 Å². The van der Waals surface area contributed by atoms with Crippen LogP contribution in [0.2, 0.25) is 0 Å². The monoisotopic (exact) mass is 412 g/mol. The van der Waals surface area contributed by atoms with Crippen LogP contribution in [-0.2, 0) is 19.9 Å². The average Bonchev–Trinajstić information content (AvgIpc) is 3.39. The van der Waals surface area contributed by atoms with E-state index < -0.39 is 0 Å². The van der Waals surface area contributed by atoms with Crippen LogP contribution in [0.5, 0.6) is 0 Å². The molecule has 0 saturated heterocycles. The summed E-state index contributed by atoms with van der Waals surface area (Å²) < 4.78 is 2.01. The van der Waals surface area contributed by atoms with Crippen molar-refractivity contribution in [1.29, 1.82) is 5.26 Å². The Labute approximate surface area is 178 Å². The van der Waals surface area contributed by atoms with Crippen molar-refractivity contribution in [3.8, 4) is 6.07 Å². The first-order valence-electron chi connectivity index (χ1n) is 9.93. The zero-order valence-electron chi connectivity index (χ0n) is 16.6. The zero-order valence-corrected chi connectivity index (χ0v) is 17.4. The summed E-state index contributed by atoms with van der Waals surface area (Å²) in [6, 6.07) is 17.7. The zero-order chi connectivity index (χ0) is 20.7. The number of benzene rings is 1. The summed E-state index contributed by atoms with van der Waals surface area (Å²) in [6.45, 7) is 0.675. The number of aromatic nitrogens is 2. The van der Waals surface area contributed by atoms with Crippen LogP contribution in [-0.4, -0.2) is 26.9 Å². The second kappa shape index (κ2) is 7.43. The number of rotatable bonds is 3. The van der Waals surface area contributed by atoms with E-state index in [4.69, 9.17) is 0 Å². The summed E-state index contributed by atoms with van der Waals surface area (Å²) in [4.78, 5) is 21.4. The fourth-order valence-corrected chi connectivity index (χ4v) is 5.42. The number of hydrogen-bond acceptors (Lipinski definition) is 4. The SMILES string of the molecule is Cn1cc(C(=O)N2CCc3ccsc3C2Cc2cccc(C#N)n2)c2ccccc21. The summed E-state index contributed by atoms with van der Waals surface area (Å²) in [7, 11) is 1.97. The molecule has 1 atom stereocenters. The lowest BCUT2D eigenvalue weighted by Gasteiger charge is -2.35. The molecular weight excluding hydrogens is 392 g/mol. The molecule has 1 aromatic carbocycles. The molecule has 1 aliphatic heterocycles. The van der Waals surface area contributed by atoms with Crippen molar-refractivity contribution >= 4 is 28.1 Å². The van der Waals surface area contributed by atoms with Crippen LogP contribution in [0.4, 0.5) is 0 Å². The number of amides is 1. The Hall–Kier alpha value is -3.43. The maximum atomic E-state index is 13.7. The second-order valence-corrected chi connectivity index (χ2v) is 8.52. The van der Waals surface area contributed by atoms with Gasteiger partial charge in [0.1, 0.15) is 11.8 Å². The first kappa shape index (κ1) is 18.6. The van der Waals surface area contributed by atoms with E-state index in [0.29, 0.717) is 18.7 Å². The van der Waals surface area contributed by atoms with Crippen molar-refractivity contribution < 1.29 is 4.79 Å². The molecule has 0 N–H and O–H groups in total. The van der Waals surface area contributed by atoms with E-state index >= 15 is 0 Å². The number of pyridine rings is 1. The number of nitrogens with zero attached hydrogens (tertiary/aromatic N) is 4. The van der Waals surface area contributed by atoms with Crippen molar-refractivity contribution in [3.05, 3.63) is 87.5 Å². The van der Waals surface area contributed by atoms with Crippen molar-refractivity contribution in [1.82, 2.24) is 14.5 Å². The molecule has 1 amide bonds. The molecule has 0 bridgehead atoms. The predicted molar refractivity (Wildman–Crippen MR) is 117 cm³/mol. The molecule has 0 aliphatic carbocycles. The third kappa shape index (κ3) is 3.08. The Bertz CT molecular complexity index is 1300. The van der Waals surface area contributed by atoms with Crippen LogP contribution in [0, 0.1) is 11.3 Å². The molecule has 4 aromatic rings. The molecule has 148 valence electrons. The van der Waals surface area contributed by atoms with Gasteiger partial charge < -0.3 is 9.47 Å². The van der Waals surface area contributed by atoms with Crippen LogP contribution in [0.1, 0.15) is 38.2 Å². The Balaban J connectivity index is 1.55. The number of carbonyl (C=O) groups excluding carboxylic acids is 1. The number of fused-ring (bicyclic) bond motifs is 2. The van der Waals surface area contributed by atoms with Gasteiger partial charge in [0, 0.05) is 47.7 Å². The molecule has 0 fully saturated rings. The quantitative estimate of drug-likeness (QED) is 0.498. The number of aryl methyl sites for hydroxylation is 1. The molecule has 1 aliphatic rings. The maximum absolute atomic E-state index is 13.7. The van der Waals surface area contributed by atoms with Gasteiger partial charge in [-0.2, -0.15) is 5.26 Å². The fraction of sp³-hybridized carbons (Fsp3) is 0.208. The molecule has 1 unspecified atom stereocenters. The predicted octanol–water partition coefficient (Wildman–Crippen LogP) is 4.49. The number of nitriles is 1. The van der Waals surface area contributed by atoms with E-state index in [1.54, 1.807) is 17.4 Å². The van der Waals surface area contributed by atoms with Gasteiger partial charge >= 0.3 is 0 Å². The molecule has 0 saturated carbocycles. The highest BCUT2D eigenvalue weighted by atomic mass is 32.1. The van der Waals surface area contributed by atoms with Gasteiger partial charge in [-0.25, -0.2) is 4.98 Å². The third-order valence-corrected chi connectivity index (χ3v) is 6.85. The highest BCUT2D eigenvalue weighted by Gasteiger charge is 2.33. The minimum atomic E-state index is -0.0818. The largest absolute Gasteiger partial charge is 0.350 e. The van der Waals surface area contributed by atoms with Gasteiger partial charge in [0.05, 0.1) is 11.6 Å². The molecule has 0 spiro atoms. The van der Waals surface area contributed by atoms with Crippen molar-refractivity contribution in [3.63, 3.8) is 0 Å². The highest BCUT2D eigenvalue weighted by Crippen LogP contribution is 2.37. The average molecular weight is 413 g/mol. The van der Waals surface area contributed by atoms with Gasteiger partial charge in [0.15, 0.2) is 0 Å².